The van der Waals surface area contributed by atoms with Gasteiger partial charge in [0.25, 0.3) is 5.56 Å². The minimum atomic E-state index is -3.60. The van der Waals surface area contributed by atoms with Crippen molar-refractivity contribution < 1.29 is 8.42 Å². The van der Waals surface area contributed by atoms with E-state index in [2.05, 4.69) is 4.98 Å². The molecule has 9 heteroatoms. The van der Waals surface area contributed by atoms with Crippen LogP contribution in [0.4, 0.5) is 0 Å². The summed E-state index contributed by atoms with van der Waals surface area (Å²) in [5.41, 5.74) is 1.53. The third-order valence-electron chi connectivity index (χ3n) is 3.94. The molecule has 0 bridgehead atoms. The van der Waals surface area contributed by atoms with Crippen LogP contribution >= 0.6 is 22.9 Å². The van der Waals surface area contributed by atoms with Gasteiger partial charge in [-0.15, -0.1) is 11.3 Å². The number of halogens is 1. The molecular weight excluding hydrogens is 406 g/mol. The molecule has 0 amide bonds. The van der Waals surface area contributed by atoms with E-state index in [-0.39, 0.29) is 17.0 Å². The van der Waals surface area contributed by atoms with E-state index in [1.807, 2.05) is 29.6 Å². The van der Waals surface area contributed by atoms with E-state index in [9.17, 15) is 13.2 Å². The molecule has 142 valence electrons. The van der Waals surface area contributed by atoms with Crippen molar-refractivity contribution >= 4 is 33.0 Å². The molecule has 0 unspecified atom stereocenters. The van der Waals surface area contributed by atoms with Gasteiger partial charge in [-0.05, 0) is 23.8 Å². The summed E-state index contributed by atoms with van der Waals surface area (Å²) in [5.74, 6) is 0. The van der Waals surface area contributed by atoms with Crippen LogP contribution in [-0.4, -0.2) is 36.4 Å². The normalized spacial score (nSPS) is 11.9. The second-order valence-corrected chi connectivity index (χ2v) is 9.69. The van der Waals surface area contributed by atoms with E-state index in [0.29, 0.717) is 17.1 Å². The predicted octanol–water partition coefficient (Wildman–Crippen LogP) is 2.85. The smallest absolute Gasteiger partial charge is 0.250 e. The number of nitrogens with zero attached hydrogens (tertiary/aromatic N) is 3. The summed E-state index contributed by atoms with van der Waals surface area (Å²) in [6, 6.07) is 10.1. The second-order valence-electron chi connectivity index (χ2n) is 6.15. The summed E-state index contributed by atoms with van der Waals surface area (Å²) in [7, 11) is -0.697. The van der Waals surface area contributed by atoms with Crippen LogP contribution in [0.2, 0.25) is 5.02 Å². The second kappa shape index (κ2) is 7.93. The summed E-state index contributed by atoms with van der Waals surface area (Å²) in [6.07, 6.45) is 2.03. The molecule has 0 aliphatic carbocycles. The molecule has 3 rings (SSSR count). The van der Waals surface area contributed by atoms with Crippen LogP contribution in [0.3, 0.4) is 0 Å². The fourth-order valence-electron chi connectivity index (χ4n) is 2.45. The maximum Gasteiger partial charge on any atom is 0.250 e. The predicted molar refractivity (Wildman–Crippen MR) is 107 cm³/mol. The zero-order valence-electron chi connectivity index (χ0n) is 14.8. The van der Waals surface area contributed by atoms with Crippen LogP contribution in [0, 0.1) is 0 Å². The number of hydrogen-bond acceptors (Lipinski definition) is 5. The van der Waals surface area contributed by atoms with Crippen LogP contribution in [0.25, 0.3) is 0 Å². The number of pyridine rings is 1. The fraction of sp³-hybridized carbons (Fsp3) is 0.222. The monoisotopic (exact) mass is 423 g/mol. The van der Waals surface area contributed by atoms with Crippen molar-refractivity contribution in [1.82, 2.24) is 13.9 Å². The Morgan fingerprint density at radius 2 is 1.85 bits per heavy atom. The Bertz CT molecular complexity index is 1100. The lowest BCUT2D eigenvalue weighted by Crippen LogP contribution is -2.26. The first-order valence-corrected chi connectivity index (χ1v) is 10.8. The van der Waals surface area contributed by atoms with Gasteiger partial charge in [0.15, 0.2) is 0 Å². The molecule has 6 nitrogen and oxygen atoms in total. The van der Waals surface area contributed by atoms with Crippen molar-refractivity contribution in [2.24, 2.45) is 0 Å². The molecular formula is C18H18ClN3O3S2. The summed E-state index contributed by atoms with van der Waals surface area (Å²) in [5, 5.41) is 3.48. The Morgan fingerprint density at radius 1 is 1.15 bits per heavy atom. The summed E-state index contributed by atoms with van der Waals surface area (Å²) in [6.45, 7) is 0.215. The summed E-state index contributed by atoms with van der Waals surface area (Å²) in [4.78, 5) is 16.8. The lowest BCUT2D eigenvalue weighted by atomic mass is 10.2. The van der Waals surface area contributed by atoms with Crippen molar-refractivity contribution in [2.45, 2.75) is 17.9 Å². The highest BCUT2D eigenvalue weighted by Crippen LogP contribution is 2.18. The molecule has 27 heavy (non-hydrogen) atoms. The van der Waals surface area contributed by atoms with Gasteiger partial charge in [-0.3, -0.25) is 4.79 Å². The quantitative estimate of drug-likeness (QED) is 0.611. The average molecular weight is 424 g/mol. The van der Waals surface area contributed by atoms with Crippen molar-refractivity contribution in [3.8, 4) is 0 Å². The number of aromatic nitrogens is 2. The first kappa shape index (κ1) is 19.8. The molecule has 0 N–H and O–H groups in total. The SMILES string of the molecule is CN(C)S(=O)(=O)c1ccc(=O)n(Cc2csc(Cc3ccc(Cl)cc3)n2)c1. The van der Waals surface area contributed by atoms with Gasteiger partial charge in [0.2, 0.25) is 10.0 Å². The van der Waals surface area contributed by atoms with Gasteiger partial charge in [0, 0.05) is 43.2 Å². The van der Waals surface area contributed by atoms with Gasteiger partial charge in [0.1, 0.15) is 0 Å². The van der Waals surface area contributed by atoms with Crippen LogP contribution in [0.15, 0.2) is 57.7 Å². The molecule has 0 spiro atoms. The Hall–Kier alpha value is -2.00. The maximum atomic E-state index is 12.3. The number of thiazole rings is 1. The zero-order valence-corrected chi connectivity index (χ0v) is 17.2. The van der Waals surface area contributed by atoms with E-state index in [4.69, 9.17) is 11.6 Å². The lowest BCUT2D eigenvalue weighted by molar-refractivity contribution is 0.519. The standard InChI is InChI=1S/C18H18ClN3O3S2/c1-21(2)27(24,25)16-7-8-18(23)22(11-16)10-15-12-26-17(20-15)9-13-3-5-14(19)6-4-13/h3-8,11-12H,9-10H2,1-2H3. The highest BCUT2D eigenvalue weighted by Gasteiger charge is 2.18. The first-order valence-electron chi connectivity index (χ1n) is 8.06. The summed E-state index contributed by atoms with van der Waals surface area (Å²) < 4.78 is 27.0. The first-order chi connectivity index (χ1) is 12.8. The van der Waals surface area contributed by atoms with Crippen LogP contribution < -0.4 is 5.56 Å². The molecule has 2 heterocycles. The Balaban J connectivity index is 1.81. The zero-order chi connectivity index (χ0) is 19.6. The molecule has 0 saturated carbocycles. The van der Waals surface area contributed by atoms with Gasteiger partial charge < -0.3 is 4.57 Å². The third kappa shape index (κ3) is 4.65. The molecule has 3 aromatic rings. The van der Waals surface area contributed by atoms with Crippen LogP contribution in [0.5, 0.6) is 0 Å². The molecule has 2 aromatic heterocycles. The van der Waals surface area contributed by atoms with E-state index in [1.165, 1.54) is 48.3 Å². The number of benzene rings is 1. The van der Waals surface area contributed by atoms with Gasteiger partial charge >= 0.3 is 0 Å². The molecule has 0 aliphatic heterocycles. The van der Waals surface area contributed by atoms with Gasteiger partial charge in [-0.2, -0.15) is 0 Å². The van der Waals surface area contributed by atoms with E-state index in [1.54, 1.807) is 0 Å². The maximum absolute atomic E-state index is 12.3. The van der Waals surface area contributed by atoms with Crippen molar-refractivity contribution in [3.05, 3.63) is 79.6 Å². The average Bonchev–Trinajstić information content (AvgIpc) is 3.05. The van der Waals surface area contributed by atoms with E-state index in [0.717, 1.165) is 14.9 Å². The van der Waals surface area contributed by atoms with Gasteiger partial charge in [-0.25, -0.2) is 17.7 Å². The Labute approximate surface area is 166 Å². The largest absolute Gasteiger partial charge is 0.308 e. The van der Waals surface area contributed by atoms with Crippen molar-refractivity contribution in [2.75, 3.05) is 14.1 Å². The fourth-order valence-corrected chi connectivity index (χ4v) is 4.32. The van der Waals surface area contributed by atoms with E-state index < -0.39 is 10.0 Å². The molecule has 1 aromatic carbocycles. The Morgan fingerprint density at radius 3 is 2.52 bits per heavy atom. The lowest BCUT2D eigenvalue weighted by Gasteiger charge is -2.12. The number of rotatable bonds is 6. The van der Waals surface area contributed by atoms with Crippen LogP contribution in [-0.2, 0) is 23.0 Å². The molecule has 0 atom stereocenters. The molecule has 0 radical (unpaired) electrons. The third-order valence-corrected chi connectivity index (χ3v) is 6.88. The molecule has 0 saturated heterocycles. The highest BCUT2D eigenvalue weighted by molar-refractivity contribution is 7.89. The molecule has 0 fully saturated rings. The van der Waals surface area contributed by atoms with Gasteiger partial charge in [0.05, 0.1) is 22.1 Å². The van der Waals surface area contributed by atoms with Crippen LogP contribution in [0.1, 0.15) is 16.3 Å². The Kier molecular flexibility index (Phi) is 5.81. The topological polar surface area (TPSA) is 72.3 Å². The number of sulfonamides is 1. The minimum Gasteiger partial charge on any atom is -0.308 e. The molecule has 0 aliphatic rings. The van der Waals surface area contributed by atoms with Crippen molar-refractivity contribution in [1.29, 1.82) is 0 Å². The highest BCUT2D eigenvalue weighted by atomic mass is 35.5. The van der Waals surface area contributed by atoms with Crippen molar-refractivity contribution in [3.63, 3.8) is 0 Å². The van der Waals surface area contributed by atoms with E-state index >= 15 is 0 Å². The number of hydrogen-bond donors (Lipinski definition) is 0. The summed E-state index contributed by atoms with van der Waals surface area (Å²) >= 11 is 7.40. The minimum absolute atomic E-state index is 0.0729. The van der Waals surface area contributed by atoms with Gasteiger partial charge in [-0.1, -0.05) is 23.7 Å².